The molecule has 0 bridgehead atoms. The lowest BCUT2D eigenvalue weighted by Gasteiger charge is -2.14. The number of halogens is 1. The first kappa shape index (κ1) is 16.8. The predicted molar refractivity (Wildman–Crippen MR) is 99.9 cm³/mol. The van der Waals surface area contributed by atoms with E-state index >= 15 is 0 Å². The van der Waals surface area contributed by atoms with Gasteiger partial charge in [0.05, 0.1) is 12.0 Å². The van der Waals surface area contributed by atoms with E-state index in [0.717, 1.165) is 24.1 Å². The Balaban J connectivity index is 0.00000176. The highest BCUT2D eigenvalue weighted by molar-refractivity contribution is 14.0. The summed E-state index contributed by atoms with van der Waals surface area (Å²) in [5.41, 5.74) is 2.35. The van der Waals surface area contributed by atoms with Crippen LogP contribution < -0.4 is 10.6 Å². The van der Waals surface area contributed by atoms with Gasteiger partial charge in [-0.25, -0.2) is 4.98 Å². The lowest BCUT2D eigenvalue weighted by atomic mass is 10.1. The van der Waals surface area contributed by atoms with Crippen molar-refractivity contribution < 1.29 is 0 Å². The number of hydrogen-bond acceptors (Lipinski definition) is 2. The average Bonchev–Trinajstić information content (AvgIpc) is 2.99. The van der Waals surface area contributed by atoms with Crippen molar-refractivity contribution in [3.05, 3.63) is 48.5 Å². The Morgan fingerprint density at radius 1 is 1.41 bits per heavy atom. The molecule has 0 spiro atoms. The second-order valence-electron chi connectivity index (χ2n) is 5.49. The quantitative estimate of drug-likeness (QED) is 0.462. The van der Waals surface area contributed by atoms with Gasteiger partial charge in [-0.05, 0) is 24.0 Å². The molecule has 1 aromatic carbocycles. The third-order valence-electron chi connectivity index (χ3n) is 3.88. The summed E-state index contributed by atoms with van der Waals surface area (Å²) in [4.78, 5) is 8.40. The van der Waals surface area contributed by atoms with Crippen molar-refractivity contribution in [3.63, 3.8) is 0 Å². The maximum absolute atomic E-state index is 4.29. The maximum Gasteiger partial charge on any atom is 0.191 e. The zero-order valence-electron chi connectivity index (χ0n) is 12.9. The molecule has 1 aliphatic rings. The molecule has 2 atom stereocenters. The van der Waals surface area contributed by atoms with E-state index in [-0.39, 0.29) is 24.0 Å². The summed E-state index contributed by atoms with van der Waals surface area (Å²) >= 11 is 0. The zero-order chi connectivity index (χ0) is 14.7. The van der Waals surface area contributed by atoms with Crippen molar-refractivity contribution in [2.24, 2.45) is 10.9 Å². The van der Waals surface area contributed by atoms with Gasteiger partial charge in [-0.1, -0.05) is 25.1 Å². The van der Waals surface area contributed by atoms with Gasteiger partial charge in [-0.2, -0.15) is 0 Å². The molecule has 0 saturated heterocycles. The van der Waals surface area contributed by atoms with Gasteiger partial charge >= 0.3 is 0 Å². The molecule has 118 valence electrons. The number of aliphatic imine (C=N–C) groups is 1. The molecule has 1 aliphatic carbocycles. The highest BCUT2D eigenvalue weighted by atomic mass is 127. The third-order valence-corrected chi connectivity index (χ3v) is 3.88. The topological polar surface area (TPSA) is 54.2 Å². The number of nitrogens with one attached hydrogen (secondary N) is 2. The number of guanidine groups is 1. The van der Waals surface area contributed by atoms with Crippen LogP contribution in [0.15, 0.2) is 48.0 Å². The van der Waals surface area contributed by atoms with Crippen LogP contribution in [0.25, 0.3) is 5.69 Å². The summed E-state index contributed by atoms with van der Waals surface area (Å²) in [6.45, 7) is 2.98. The maximum atomic E-state index is 4.29. The number of hydrogen-bond donors (Lipinski definition) is 2. The first-order valence-electron chi connectivity index (χ1n) is 7.31. The van der Waals surface area contributed by atoms with E-state index in [0.29, 0.717) is 6.04 Å². The Morgan fingerprint density at radius 2 is 2.18 bits per heavy atom. The van der Waals surface area contributed by atoms with E-state index in [1.54, 1.807) is 6.20 Å². The lowest BCUT2D eigenvalue weighted by Crippen LogP contribution is -2.38. The van der Waals surface area contributed by atoms with Crippen LogP contribution in [0.1, 0.15) is 18.9 Å². The Bertz CT molecular complexity index is 623. The Kier molecular flexibility index (Phi) is 5.82. The van der Waals surface area contributed by atoms with Gasteiger partial charge in [0.25, 0.3) is 0 Å². The average molecular weight is 411 g/mol. The van der Waals surface area contributed by atoms with Crippen LogP contribution in [0.3, 0.4) is 0 Å². The van der Waals surface area contributed by atoms with Crippen molar-refractivity contribution in [3.8, 4) is 5.69 Å². The summed E-state index contributed by atoms with van der Waals surface area (Å²) in [5, 5.41) is 6.82. The molecule has 0 radical (unpaired) electrons. The van der Waals surface area contributed by atoms with E-state index in [9.17, 15) is 0 Å². The molecule has 0 amide bonds. The molecule has 6 heteroatoms. The van der Waals surface area contributed by atoms with Crippen molar-refractivity contribution in [1.29, 1.82) is 0 Å². The highest BCUT2D eigenvalue weighted by Crippen LogP contribution is 2.28. The van der Waals surface area contributed by atoms with Gasteiger partial charge in [0, 0.05) is 32.0 Å². The molecule has 0 aliphatic heterocycles. The first-order valence-corrected chi connectivity index (χ1v) is 7.31. The molecule has 1 heterocycles. The largest absolute Gasteiger partial charge is 0.353 e. The summed E-state index contributed by atoms with van der Waals surface area (Å²) in [5.74, 6) is 1.62. The van der Waals surface area contributed by atoms with Crippen molar-refractivity contribution in [2.75, 3.05) is 7.05 Å². The Hall–Kier alpha value is -1.57. The van der Waals surface area contributed by atoms with Gasteiger partial charge in [0.2, 0.25) is 0 Å². The number of nitrogens with zero attached hydrogens (tertiary/aromatic N) is 3. The minimum Gasteiger partial charge on any atom is -0.353 e. The van der Waals surface area contributed by atoms with E-state index in [1.165, 1.54) is 12.0 Å². The standard InChI is InChI=1S/C16H21N5.HI/c1-12-9-14(12)20-16(17-2)19-10-13-5-3-4-6-15(13)21-8-7-18-11-21;/h3-8,11-12,14H,9-10H2,1-2H3,(H2,17,19,20);1H. The molecule has 22 heavy (non-hydrogen) atoms. The Morgan fingerprint density at radius 3 is 2.82 bits per heavy atom. The van der Waals surface area contributed by atoms with Crippen LogP contribution in [-0.4, -0.2) is 28.6 Å². The summed E-state index contributed by atoms with van der Waals surface area (Å²) in [7, 11) is 1.81. The molecular formula is C16H22IN5. The monoisotopic (exact) mass is 411 g/mol. The van der Waals surface area contributed by atoms with E-state index in [4.69, 9.17) is 0 Å². The molecule has 1 saturated carbocycles. The first-order chi connectivity index (χ1) is 10.3. The van der Waals surface area contributed by atoms with Gasteiger partial charge in [0.1, 0.15) is 0 Å². The molecule has 3 rings (SSSR count). The van der Waals surface area contributed by atoms with Gasteiger partial charge in [0.15, 0.2) is 5.96 Å². The minimum absolute atomic E-state index is 0. The molecule has 1 fully saturated rings. The van der Waals surface area contributed by atoms with Crippen LogP contribution in [0.4, 0.5) is 0 Å². The summed E-state index contributed by atoms with van der Waals surface area (Å²) in [6.07, 6.45) is 6.79. The lowest BCUT2D eigenvalue weighted by molar-refractivity contribution is 0.761. The van der Waals surface area contributed by atoms with Crippen molar-refractivity contribution >= 4 is 29.9 Å². The predicted octanol–water partition coefficient (Wildman–Crippen LogP) is 2.56. The van der Waals surface area contributed by atoms with E-state index in [2.05, 4.69) is 45.7 Å². The fourth-order valence-corrected chi connectivity index (χ4v) is 2.39. The Labute approximate surface area is 148 Å². The SMILES string of the molecule is CN=C(NCc1ccccc1-n1ccnc1)NC1CC1C.I. The van der Waals surface area contributed by atoms with Crippen LogP contribution in [0.5, 0.6) is 0 Å². The number of imidazole rings is 1. The van der Waals surface area contributed by atoms with Gasteiger partial charge in [-0.15, -0.1) is 24.0 Å². The zero-order valence-corrected chi connectivity index (χ0v) is 15.2. The van der Waals surface area contributed by atoms with E-state index < -0.39 is 0 Å². The molecule has 2 N–H and O–H groups in total. The number of rotatable bonds is 4. The molecule has 2 aromatic rings. The number of benzene rings is 1. The van der Waals surface area contributed by atoms with Crippen LogP contribution >= 0.6 is 24.0 Å². The number of aromatic nitrogens is 2. The highest BCUT2D eigenvalue weighted by Gasteiger charge is 2.33. The second kappa shape index (κ2) is 7.62. The fraction of sp³-hybridized carbons (Fsp3) is 0.375. The third kappa shape index (κ3) is 4.00. The van der Waals surface area contributed by atoms with Crippen LogP contribution in [0.2, 0.25) is 0 Å². The molecule has 5 nitrogen and oxygen atoms in total. The van der Waals surface area contributed by atoms with Gasteiger partial charge < -0.3 is 15.2 Å². The van der Waals surface area contributed by atoms with Crippen molar-refractivity contribution in [1.82, 2.24) is 20.2 Å². The number of para-hydroxylation sites is 1. The van der Waals surface area contributed by atoms with E-state index in [1.807, 2.05) is 30.2 Å². The second-order valence-corrected chi connectivity index (χ2v) is 5.49. The normalized spacial score (nSPS) is 20.2. The summed E-state index contributed by atoms with van der Waals surface area (Å²) in [6, 6.07) is 8.88. The van der Waals surface area contributed by atoms with Gasteiger partial charge in [-0.3, -0.25) is 4.99 Å². The molecule has 1 aromatic heterocycles. The van der Waals surface area contributed by atoms with Crippen LogP contribution in [-0.2, 0) is 6.54 Å². The van der Waals surface area contributed by atoms with Crippen LogP contribution in [0, 0.1) is 5.92 Å². The summed E-state index contributed by atoms with van der Waals surface area (Å²) < 4.78 is 2.02. The van der Waals surface area contributed by atoms with Crippen molar-refractivity contribution in [2.45, 2.75) is 25.9 Å². The molecule has 2 unspecified atom stereocenters. The minimum atomic E-state index is 0. The smallest absolute Gasteiger partial charge is 0.191 e. The fourth-order valence-electron chi connectivity index (χ4n) is 2.39. The molecular weight excluding hydrogens is 389 g/mol.